The molecule has 0 aliphatic heterocycles. The Balaban J connectivity index is 1.68. The first-order valence-corrected chi connectivity index (χ1v) is 9.45. The van der Waals surface area contributed by atoms with E-state index < -0.39 is 23.2 Å². The Morgan fingerprint density at radius 3 is 2.46 bits per heavy atom. The van der Waals surface area contributed by atoms with Gasteiger partial charge in [-0.1, -0.05) is 6.07 Å². The molecule has 0 fully saturated rings. The highest BCUT2D eigenvalue weighted by molar-refractivity contribution is 7.10. The second kappa shape index (κ2) is 7.77. The van der Waals surface area contributed by atoms with Gasteiger partial charge in [0.15, 0.2) is 0 Å². The van der Waals surface area contributed by atoms with Crippen LogP contribution in [0.15, 0.2) is 58.6 Å². The minimum absolute atomic E-state index is 0.153. The number of hydrogen-bond acceptors (Lipinski definition) is 5. The first-order chi connectivity index (χ1) is 12.5. The number of aliphatic hydroxyl groups is 1. The van der Waals surface area contributed by atoms with Gasteiger partial charge in [0.25, 0.3) is 0 Å². The van der Waals surface area contributed by atoms with Crippen molar-refractivity contribution in [1.29, 1.82) is 0 Å². The van der Waals surface area contributed by atoms with Crippen molar-refractivity contribution in [3.8, 4) is 0 Å². The molecule has 8 heteroatoms. The number of hydrogen-bond donors (Lipinski definition) is 3. The quantitative estimate of drug-likeness (QED) is 0.586. The Morgan fingerprint density at radius 1 is 1.08 bits per heavy atom. The van der Waals surface area contributed by atoms with Gasteiger partial charge in [0, 0.05) is 16.1 Å². The average Bonchev–Trinajstić information content (AvgIpc) is 3.35. The van der Waals surface area contributed by atoms with E-state index in [0.717, 1.165) is 0 Å². The van der Waals surface area contributed by atoms with Crippen LogP contribution in [0.5, 0.6) is 0 Å². The molecular formula is C18H15FN2O3S2. The van der Waals surface area contributed by atoms with Gasteiger partial charge in [0.1, 0.15) is 11.4 Å². The summed E-state index contributed by atoms with van der Waals surface area (Å²) >= 11 is 2.79. The van der Waals surface area contributed by atoms with Crippen molar-refractivity contribution in [2.24, 2.45) is 0 Å². The highest BCUT2D eigenvalue weighted by atomic mass is 32.1. The minimum atomic E-state index is -1.42. The molecule has 0 saturated heterocycles. The van der Waals surface area contributed by atoms with Gasteiger partial charge in [-0.05, 0) is 52.5 Å². The maximum Gasteiger partial charge on any atom is 0.313 e. The van der Waals surface area contributed by atoms with Crippen LogP contribution in [0.2, 0.25) is 0 Å². The molecule has 5 nitrogen and oxygen atoms in total. The molecule has 3 aromatic rings. The number of thiophene rings is 2. The number of rotatable bonds is 5. The number of nitrogens with one attached hydrogen (secondary N) is 2. The number of halogens is 1. The van der Waals surface area contributed by atoms with Crippen LogP contribution < -0.4 is 10.6 Å². The van der Waals surface area contributed by atoms with Crippen LogP contribution in [0, 0.1) is 5.82 Å². The van der Waals surface area contributed by atoms with Crippen LogP contribution in [-0.4, -0.2) is 23.5 Å². The van der Waals surface area contributed by atoms with E-state index in [9.17, 15) is 19.1 Å². The van der Waals surface area contributed by atoms with E-state index in [1.54, 1.807) is 23.6 Å². The predicted molar refractivity (Wildman–Crippen MR) is 99.7 cm³/mol. The molecule has 0 spiro atoms. The summed E-state index contributed by atoms with van der Waals surface area (Å²) < 4.78 is 12.9. The second-order valence-electron chi connectivity index (χ2n) is 5.49. The van der Waals surface area contributed by atoms with Crippen LogP contribution in [0.1, 0.15) is 10.4 Å². The molecule has 26 heavy (non-hydrogen) atoms. The van der Waals surface area contributed by atoms with Gasteiger partial charge in [-0.3, -0.25) is 9.59 Å². The van der Waals surface area contributed by atoms with E-state index in [0.29, 0.717) is 16.1 Å². The molecule has 0 aliphatic rings. The molecule has 0 saturated carbocycles. The van der Waals surface area contributed by atoms with Crippen molar-refractivity contribution in [3.63, 3.8) is 0 Å². The first-order valence-electron chi connectivity index (χ1n) is 7.63. The summed E-state index contributed by atoms with van der Waals surface area (Å²) in [7, 11) is 0. The van der Waals surface area contributed by atoms with Crippen molar-refractivity contribution in [1.82, 2.24) is 5.32 Å². The summed E-state index contributed by atoms with van der Waals surface area (Å²) in [5.74, 6) is -2.22. The van der Waals surface area contributed by atoms with Crippen molar-refractivity contribution in [2.45, 2.75) is 5.60 Å². The molecule has 1 aromatic carbocycles. The third kappa shape index (κ3) is 3.98. The zero-order valence-corrected chi connectivity index (χ0v) is 15.1. The van der Waals surface area contributed by atoms with Crippen molar-refractivity contribution < 1.29 is 19.1 Å². The van der Waals surface area contributed by atoms with Gasteiger partial charge in [-0.15, -0.1) is 11.3 Å². The van der Waals surface area contributed by atoms with Gasteiger partial charge in [0.2, 0.25) is 0 Å². The lowest BCUT2D eigenvalue weighted by molar-refractivity contribution is -0.136. The molecular weight excluding hydrogens is 375 g/mol. The molecule has 0 aliphatic carbocycles. The molecule has 3 N–H and O–H groups in total. The third-order valence-corrected chi connectivity index (χ3v) is 5.44. The topological polar surface area (TPSA) is 78.4 Å². The fourth-order valence-electron chi connectivity index (χ4n) is 2.35. The first kappa shape index (κ1) is 18.2. The van der Waals surface area contributed by atoms with Crippen LogP contribution in [0.4, 0.5) is 10.1 Å². The van der Waals surface area contributed by atoms with E-state index >= 15 is 0 Å². The predicted octanol–water partition coefficient (Wildman–Crippen LogP) is 2.94. The number of anilines is 1. The Bertz CT molecular complexity index is 844. The number of carbonyl (C=O) groups excluding carboxylic acids is 2. The molecule has 2 heterocycles. The van der Waals surface area contributed by atoms with Crippen molar-refractivity contribution in [3.05, 3.63) is 74.9 Å². The lowest BCUT2D eigenvalue weighted by Gasteiger charge is -2.26. The van der Waals surface area contributed by atoms with E-state index in [1.807, 2.05) is 10.8 Å². The average molecular weight is 390 g/mol. The van der Waals surface area contributed by atoms with Gasteiger partial charge < -0.3 is 15.7 Å². The van der Waals surface area contributed by atoms with Crippen LogP contribution in [0.3, 0.4) is 0 Å². The maximum absolute atomic E-state index is 12.9. The summed E-state index contributed by atoms with van der Waals surface area (Å²) in [5.41, 5.74) is -0.470. The number of benzene rings is 1. The van der Waals surface area contributed by atoms with Gasteiger partial charge in [0.05, 0.1) is 6.54 Å². The second-order valence-corrected chi connectivity index (χ2v) is 7.22. The van der Waals surface area contributed by atoms with Gasteiger partial charge in [-0.2, -0.15) is 11.3 Å². The fraction of sp³-hybridized carbons (Fsp3) is 0.111. The van der Waals surface area contributed by atoms with Gasteiger partial charge >= 0.3 is 11.8 Å². The lowest BCUT2D eigenvalue weighted by atomic mass is 9.94. The maximum atomic E-state index is 12.9. The Hall–Kier alpha value is -2.55. The molecule has 2 amide bonds. The SMILES string of the molecule is O=C(NCC(O)(c1ccsc1)c1cccs1)C(=O)Nc1ccc(F)cc1. The molecule has 3 rings (SSSR count). The number of amides is 2. The summed E-state index contributed by atoms with van der Waals surface area (Å²) in [6.45, 7) is -0.153. The normalized spacial score (nSPS) is 13.0. The summed E-state index contributed by atoms with van der Waals surface area (Å²) in [4.78, 5) is 24.8. The Labute approximate surface area is 157 Å². The molecule has 1 unspecified atom stereocenters. The van der Waals surface area contributed by atoms with Gasteiger partial charge in [-0.25, -0.2) is 4.39 Å². The minimum Gasteiger partial charge on any atom is -0.378 e. The highest BCUT2D eigenvalue weighted by Crippen LogP contribution is 2.33. The monoisotopic (exact) mass is 390 g/mol. The zero-order chi connectivity index (χ0) is 18.6. The third-order valence-electron chi connectivity index (χ3n) is 3.74. The van der Waals surface area contributed by atoms with Crippen LogP contribution >= 0.6 is 22.7 Å². The van der Waals surface area contributed by atoms with E-state index in [-0.39, 0.29) is 6.54 Å². The summed E-state index contributed by atoms with van der Waals surface area (Å²) in [5, 5.41) is 21.4. The number of carbonyl (C=O) groups is 2. The van der Waals surface area contributed by atoms with Crippen molar-refractivity contribution >= 4 is 40.2 Å². The molecule has 134 valence electrons. The standard InChI is InChI=1S/C18H15FN2O3S2/c19-13-3-5-14(6-4-13)21-17(23)16(22)20-11-18(24,12-7-9-25-10-12)15-2-1-8-26-15/h1-10,24H,11H2,(H,20,22)(H,21,23). The van der Waals surface area contributed by atoms with E-state index in [1.165, 1.54) is 46.9 Å². The smallest absolute Gasteiger partial charge is 0.313 e. The Kier molecular flexibility index (Phi) is 5.46. The zero-order valence-electron chi connectivity index (χ0n) is 13.4. The fourth-order valence-corrected chi connectivity index (χ4v) is 3.92. The molecule has 0 bridgehead atoms. The lowest BCUT2D eigenvalue weighted by Crippen LogP contribution is -2.44. The Morgan fingerprint density at radius 2 is 1.85 bits per heavy atom. The van der Waals surface area contributed by atoms with Crippen LogP contribution in [0.25, 0.3) is 0 Å². The van der Waals surface area contributed by atoms with E-state index in [4.69, 9.17) is 0 Å². The van der Waals surface area contributed by atoms with E-state index in [2.05, 4.69) is 10.6 Å². The van der Waals surface area contributed by atoms with Crippen molar-refractivity contribution in [2.75, 3.05) is 11.9 Å². The molecule has 1 atom stereocenters. The molecule has 0 radical (unpaired) electrons. The summed E-state index contributed by atoms with van der Waals surface area (Å²) in [6, 6.07) is 10.4. The highest BCUT2D eigenvalue weighted by Gasteiger charge is 2.34. The summed E-state index contributed by atoms with van der Waals surface area (Å²) in [6.07, 6.45) is 0. The largest absolute Gasteiger partial charge is 0.378 e. The van der Waals surface area contributed by atoms with Crippen LogP contribution in [-0.2, 0) is 15.2 Å². The molecule has 2 aromatic heterocycles.